The van der Waals surface area contributed by atoms with Gasteiger partial charge in [-0.15, -0.1) is 0 Å². The van der Waals surface area contributed by atoms with Crippen LogP contribution in [0.15, 0.2) is 0 Å². The van der Waals surface area contributed by atoms with E-state index >= 15 is 0 Å². The molecule has 7 heavy (non-hydrogen) atoms. The second kappa shape index (κ2) is 15.9. The Kier molecular flexibility index (Phi) is 35.6. The number of rotatable bonds is 0. The summed E-state index contributed by atoms with van der Waals surface area (Å²) in [6.07, 6.45) is 0. The summed E-state index contributed by atoms with van der Waals surface area (Å²) in [4.78, 5) is 33.4. The normalized spacial score (nSPS) is 5.71. The second-order valence-electron chi connectivity index (χ2n) is 0.224. The minimum absolute atomic E-state index is 0. The molecule has 0 aromatic rings. The molecule has 44 valence electrons. The fourth-order valence-electron chi connectivity index (χ4n) is 0. The molecular formula is CH2IrO4P. The first-order valence-electron chi connectivity index (χ1n) is 0.836. The molecule has 0 aliphatic heterocycles. The van der Waals surface area contributed by atoms with Gasteiger partial charge in [-0.3, -0.25) is 0 Å². The van der Waals surface area contributed by atoms with E-state index in [1.54, 1.807) is 0 Å². The van der Waals surface area contributed by atoms with E-state index in [2.05, 4.69) is 0 Å². The van der Waals surface area contributed by atoms with Gasteiger partial charge in [0, 0.05) is 0 Å². The average Bonchev–Trinajstić information content (AvgIpc) is 1.41. The Hall–Kier alpha value is 0.629. The van der Waals surface area contributed by atoms with Crippen LogP contribution in [0.4, 0.5) is 0 Å². The van der Waals surface area contributed by atoms with Crippen molar-refractivity contribution in [2.45, 2.75) is 0 Å². The van der Waals surface area contributed by atoms with Crippen molar-refractivity contribution in [3.8, 4) is 0 Å². The summed E-state index contributed by atoms with van der Waals surface area (Å²) in [5.41, 5.74) is 0. The van der Waals surface area contributed by atoms with E-state index in [0.717, 1.165) is 0 Å². The monoisotopic (exact) mass is 302 g/mol. The third-order valence-electron chi connectivity index (χ3n) is 0. The number of hydrogen-bond donors (Lipinski definition) is 0. The molecule has 0 atom stereocenters. The molecular weight excluding hydrogens is 299 g/mol. The van der Waals surface area contributed by atoms with Gasteiger partial charge >= 0.3 is 20.1 Å². The molecule has 0 aromatic carbocycles. The SMILES string of the molecule is C=O.[Ir+3].[O-]P([O-])[O-]. The van der Waals surface area contributed by atoms with Crippen LogP contribution in [0.3, 0.4) is 0 Å². The molecule has 0 heterocycles. The Labute approximate surface area is 55.5 Å². The van der Waals surface area contributed by atoms with Crippen molar-refractivity contribution in [2.75, 3.05) is 0 Å². The van der Waals surface area contributed by atoms with Gasteiger partial charge in [-0.2, -0.15) is 0 Å². The van der Waals surface area contributed by atoms with E-state index in [1.165, 1.54) is 0 Å². The summed E-state index contributed by atoms with van der Waals surface area (Å²) in [5, 5.41) is 0. The first-order valence-corrected chi connectivity index (χ1v) is 1.93. The Balaban J connectivity index is -0.0000000480. The molecule has 0 radical (unpaired) electrons. The number of hydrogen-bond acceptors (Lipinski definition) is 4. The molecule has 0 unspecified atom stereocenters. The predicted octanol–water partition coefficient (Wildman–Crippen LogP) is -2.89. The van der Waals surface area contributed by atoms with Gasteiger partial charge in [0.15, 0.2) is 0 Å². The molecule has 0 fully saturated rings. The molecule has 0 saturated heterocycles. The van der Waals surface area contributed by atoms with Crippen LogP contribution in [0, 0.1) is 0 Å². The summed E-state index contributed by atoms with van der Waals surface area (Å²) in [6, 6.07) is 0. The molecule has 0 N–H and O–H groups in total. The predicted molar refractivity (Wildman–Crippen MR) is 14.0 cm³/mol. The van der Waals surface area contributed by atoms with Crippen LogP contribution in [0.1, 0.15) is 0 Å². The van der Waals surface area contributed by atoms with Crippen LogP contribution in [-0.4, -0.2) is 6.79 Å². The van der Waals surface area contributed by atoms with Crippen molar-refractivity contribution in [2.24, 2.45) is 0 Å². The first kappa shape index (κ1) is 15.6. The van der Waals surface area contributed by atoms with Gasteiger partial charge in [0.1, 0.15) is 6.79 Å². The van der Waals surface area contributed by atoms with Gasteiger partial charge in [0.25, 0.3) is 0 Å². The summed E-state index contributed by atoms with van der Waals surface area (Å²) in [6.45, 7) is 2.00. The fourth-order valence-corrected chi connectivity index (χ4v) is 0. The average molecular weight is 301 g/mol. The first-order chi connectivity index (χ1) is 2.73. The van der Waals surface area contributed by atoms with E-state index in [-0.39, 0.29) is 20.1 Å². The molecule has 6 heteroatoms. The van der Waals surface area contributed by atoms with E-state index < -0.39 is 8.60 Å². The summed E-state index contributed by atoms with van der Waals surface area (Å²) in [7, 11) is -3.37. The van der Waals surface area contributed by atoms with Crippen molar-refractivity contribution in [1.29, 1.82) is 0 Å². The molecule has 0 aromatic heterocycles. The molecule has 0 bridgehead atoms. The molecule has 0 rings (SSSR count). The van der Waals surface area contributed by atoms with Crippen molar-refractivity contribution >= 4 is 15.4 Å². The molecule has 0 aliphatic rings. The zero-order valence-electron chi connectivity index (χ0n) is 3.12. The maximum atomic E-state index is 8.48. The van der Waals surface area contributed by atoms with Crippen LogP contribution >= 0.6 is 8.60 Å². The van der Waals surface area contributed by atoms with Gasteiger partial charge in [-0.05, 0) is 0 Å². The summed E-state index contributed by atoms with van der Waals surface area (Å²) < 4.78 is 0. The minimum Gasteiger partial charge on any atom is -0.854 e. The Morgan fingerprint density at radius 2 is 1.14 bits per heavy atom. The van der Waals surface area contributed by atoms with Crippen LogP contribution in [-0.2, 0) is 24.9 Å². The Bertz CT molecular complexity index is 22.9. The third kappa shape index (κ3) is 359. The van der Waals surface area contributed by atoms with E-state index in [4.69, 9.17) is 19.5 Å². The molecule has 0 aliphatic carbocycles. The Morgan fingerprint density at radius 3 is 1.14 bits per heavy atom. The second-order valence-corrected chi connectivity index (χ2v) is 0.671. The number of carbonyl (C=O) groups is 1. The summed E-state index contributed by atoms with van der Waals surface area (Å²) in [5.74, 6) is 0. The molecule has 0 amide bonds. The Morgan fingerprint density at radius 1 is 1.14 bits per heavy atom. The standard InChI is InChI=1S/CH2O.Ir.O3P/c1-2;;1-4(2)3/h1H2;;/q;+3;-3. The topological polar surface area (TPSA) is 86.2 Å². The zero-order valence-corrected chi connectivity index (χ0v) is 6.41. The third-order valence-corrected chi connectivity index (χ3v) is 0. The summed E-state index contributed by atoms with van der Waals surface area (Å²) >= 11 is 0. The van der Waals surface area contributed by atoms with Gasteiger partial charge in [0.05, 0.1) is 0 Å². The van der Waals surface area contributed by atoms with Crippen LogP contribution in [0.5, 0.6) is 0 Å². The van der Waals surface area contributed by atoms with Gasteiger partial charge in [0.2, 0.25) is 0 Å². The smallest absolute Gasteiger partial charge is 0.854 e. The van der Waals surface area contributed by atoms with Crippen LogP contribution in [0.2, 0.25) is 0 Å². The molecule has 0 saturated carbocycles. The minimum atomic E-state index is -3.37. The van der Waals surface area contributed by atoms with Crippen molar-refractivity contribution < 1.29 is 39.6 Å². The van der Waals surface area contributed by atoms with Crippen LogP contribution in [0.25, 0.3) is 0 Å². The molecule has 0 spiro atoms. The van der Waals surface area contributed by atoms with Crippen LogP contribution < -0.4 is 14.7 Å². The van der Waals surface area contributed by atoms with E-state index in [9.17, 15) is 0 Å². The number of carbonyl (C=O) groups excluding carboxylic acids is 1. The fraction of sp³-hybridized carbons (Fsp3) is 0. The van der Waals surface area contributed by atoms with Gasteiger partial charge in [-0.25, -0.2) is 0 Å². The largest absolute Gasteiger partial charge is 3.00 e. The zero-order chi connectivity index (χ0) is 5.58. The van der Waals surface area contributed by atoms with Crippen molar-refractivity contribution in [3.05, 3.63) is 0 Å². The van der Waals surface area contributed by atoms with Crippen molar-refractivity contribution in [3.63, 3.8) is 0 Å². The maximum Gasteiger partial charge on any atom is 3.00 e. The quantitative estimate of drug-likeness (QED) is 0.449. The van der Waals surface area contributed by atoms with E-state index in [1.807, 2.05) is 6.79 Å². The molecule has 4 nitrogen and oxygen atoms in total. The van der Waals surface area contributed by atoms with Gasteiger partial charge < -0.3 is 28.1 Å². The van der Waals surface area contributed by atoms with E-state index in [0.29, 0.717) is 0 Å². The maximum absolute atomic E-state index is 8.48. The van der Waals surface area contributed by atoms with Crippen molar-refractivity contribution in [1.82, 2.24) is 0 Å². The van der Waals surface area contributed by atoms with Gasteiger partial charge in [-0.1, -0.05) is 0 Å².